The quantitative estimate of drug-likeness (QED) is 0.737. The van der Waals surface area contributed by atoms with E-state index >= 15 is 0 Å². The number of ketones is 1. The Morgan fingerprint density at radius 2 is 1.80 bits per heavy atom. The Morgan fingerprint density at radius 3 is 2.50 bits per heavy atom. The van der Waals surface area contributed by atoms with Gasteiger partial charge in [-0.25, -0.2) is 0 Å². The lowest BCUT2D eigenvalue weighted by molar-refractivity contribution is -0.122. The first-order chi connectivity index (χ1) is 9.76. The third kappa shape index (κ3) is 3.44. The third-order valence-electron chi connectivity index (χ3n) is 3.83. The number of para-hydroxylation sites is 1. The topological polar surface area (TPSA) is 30.0 Å². The van der Waals surface area contributed by atoms with Gasteiger partial charge in [0.15, 0.2) is 0 Å². The normalized spacial score (nSPS) is 11.2. The van der Waals surface area contributed by atoms with Gasteiger partial charge in [-0.1, -0.05) is 44.9 Å². The minimum atomic E-state index is 0.219. The molecule has 0 bridgehead atoms. The van der Waals surface area contributed by atoms with Gasteiger partial charge in [-0.3, -0.25) is 9.78 Å². The summed E-state index contributed by atoms with van der Waals surface area (Å²) in [4.78, 5) is 16.9. The Kier molecular flexibility index (Phi) is 5.28. The summed E-state index contributed by atoms with van der Waals surface area (Å²) in [5, 5.41) is 1.11. The molecule has 2 heteroatoms. The zero-order valence-electron chi connectivity index (χ0n) is 12.4. The highest BCUT2D eigenvalue weighted by Gasteiger charge is 2.17. The molecule has 2 aromatic rings. The van der Waals surface area contributed by atoms with Crippen LogP contribution in [0.25, 0.3) is 10.9 Å². The van der Waals surface area contributed by atoms with E-state index in [0.717, 1.165) is 42.1 Å². The summed E-state index contributed by atoms with van der Waals surface area (Å²) in [7, 11) is 0. The SMILES string of the molecule is CCCC(CCC)C(=O)Cc1ccnc2ccccc12. The van der Waals surface area contributed by atoms with Gasteiger partial charge in [-0.15, -0.1) is 0 Å². The number of nitrogens with zero attached hydrogens (tertiary/aromatic N) is 1. The van der Waals surface area contributed by atoms with Gasteiger partial charge in [-0.2, -0.15) is 0 Å². The summed E-state index contributed by atoms with van der Waals surface area (Å²) >= 11 is 0. The highest BCUT2D eigenvalue weighted by molar-refractivity contribution is 5.89. The van der Waals surface area contributed by atoms with Crippen LogP contribution in [0.4, 0.5) is 0 Å². The van der Waals surface area contributed by atoms with Crippen LogP contribution < -0.4 is 0 Å². The van der Waals surface area contributed by atoms with Crippen molar-refractivity contribution in [1.82, 2.24) is 4.98 Å². The molecule has 0 amide bonds. The van der Waals surface area contributed by atoms with E-state index in [9.17, 15) is 4.79 Å². The monoisotopic (exact) mass is 269 g/mol. The lowest BCUT2D eigenvalue weighted by Gasteiger charge is -2.14. The Bertz CT molecular complexity index is 565. The molecule has 0 saturated heterocycles. The first-order valence-electron chi connectivity index (χ1n) is 7.61. The van der Waals surface area contributed by atoms with E-state index in [2.05, 4.69) is 24.9 Å². The Labute approximate surface area is 121 Å². The lowest BCUT2D eigenvalue weighted by Crippen LogP contribution is -2.17. The standard InChI is InChI=1S/C18H23NO/c1-3-7-14(8-4-2)18(20)13-15-11-12-19-17-10-6-5-9-16(15)17/h5-6,9-12,14H,3-4,7-8,13H2,1-2H3. The van der Waals surface area contributed by atoms with Crippen molar-refractivity contribution in [3.63, 3.8) is 0 Å². The fourth-order valence-electron chi connectivity index (χ4n) is 2.80. The fraction of sp³-hybridized carbons (Fsp3) is 0.444. The van der Waals surface area contributed by atoms with Crippen LogP contribution in [-0.4, -0.2) is 10.8 Å². The van der Waals surface area contributed by atoms with E-state index in [0.29, 0.717) is 12.2 Å². The number of fused-ring (bicyclic) bond motifs is 1. The van der Waals surface area contributed by atoms with Crippen LogP contribution in [0.1, 0.15) is 45.1 Å². The van der Waals surface area contributed by atoms with E-state index in [-0.39, 0.29) is 5.92 Å². The molecule has 0 spiro atoms. The van der Waals surface area contributed by atoms with E-state index in [1.807, 2.05) is 24.3 Å². The average molecular weight is 269 g/mol. The van der Waals surface area contributed by atoms with Crippen LogP contribution in [0.15, 0.2) is 36.5 Å². The molecule has 0 saturated carbocycles. The molecular weight excluding hydrogens is 246 g/mol. The summed E-state index contributed by atoms with van der Waals surface area (Å²) in [6.45, 7) is 4.30. The van der Waals surface area contributed by atoms with E-state index in [1.165, 1.54) is 0 Å². The van der Waals surface area contributed by atoms with Crippen molar-refractivity contribution in [1.29, 1.82) is 0 Å². The molecule has 0 N–H and O–H groups in total. The molecule has 1 aromatic carbocycles. The van der Waals surface area contributed by atoms with Gasteiger partial charge in [0.25, 0.3) is 0 Å². The molecule has 1 heterocycles. The number of Topliss-reactive ketones (excluding diaryl/α,β-unsaturated/α-hetero) is 1. The largest absolute Gasteiger partial charge is 0.299 e. The number of hydrogen-bond donors (Lipinski definition) is 0. The maximum absolute atomic E-state index is 12.5. The number of pyridine rings is 1. The minimum absolute atomic E-state index is 0.219. The molecule has 20 heavy (non-hydrogen) atoms. The van der Waals surface area contributed by atoms with Crippen molar-refractivity contribution in [2.24, 2.45) is 5.92 Å². The predicted molar refractivity (Wildman–Crippen MR) is 83.8 cm³/mol. The molecular formula is C18H23NO. The lowest BCUT2D eigenvalue weighted by atomic mass is 9.89. The third-order valence-corrected chi connectivity index (χ3v) is 3.83. The van der Waals surface area contributed by atoms with Crippen LogP contribution >= 0.6 is 0 Å². The van der Waals surface area contributed by atoms with Crippen LogP contribution in [-0.2, 0) is 11.2 Å². The number of benzene rings is 1. The molecule has 2 nitrogen and oxygen atoms in total. The highest BCUT2D eigenvalue weighted by atomic mass is 16.1. The second kappa shape index (κ2) is 7.18. The zero-order valence-corrected chi connectivity index (χ0v) is 12.4. The van der Waals surface area contributed by atoms with Gasteiger partial charge >= 0.3 is 0 Å². The summed E-state index contributed by atoms with van der Waals surface area (Å²) in [6, 6.07) is 10.0. The first-order valence-corrected chi connectivity index (χ1v) is 7.61. The summed E-state index contributed by atoms with van der Waals surface area (Å²) in [5.74, 6) is 0.599. The predicted octanol–water partition coefficient (Wildman–Crippen LogP) is 4.56. The highest BCUT2D eigenvalue weighted by Crippen LogP contribution is 2.21. The first kappa shape index (κ1) is 14.7. The summed E-state index contributed by atoms with van der Waals surface area (Å²) in [5.41, 5.74) is 2.08. The van der Waals surface area contributed by atoms with Crippen molar-refractivity contribution >= 4 is 16.7 Å². The van der Waals surface area contributed by atoms with Gasteiger partial charge in [0, 0.05) is 23.9 Å². The minimum Gasteiger partial charge on any atom is -0.299 e. The molecule has 0 unspecified atom stereocenters. The van der Waals surface area contributed by atoms with Crippen LogP contribution in [0.3, 0.4) is 0 Å². The van der Waals surface area contributed by atoms with Crippen molar-refractivity contribution in [2.45, 2.75) is 46.0 Å². The average Bonchev–Trinajstić information content (AvgIpc) is 2.47. The Hall–Kier alpha value is -1.70. The molecule has 0 aliphatic rings. The number of rotatable bonds is 7. The summed E-state index contributed by atoms with van der Waals surface area (Å²) < 4.78 is 0. The van der Waals surface area contributed by atoms with Crippen LogP contribution in [0.5, 0.6) is 0 Å². The smallest absolute Gasteiger partial charge is 0.140 e. The maximum atomic E-state index is 12.5. The fourth-order valence-corrected chi connectivity index (χ4v) is 2.80. The van der Waals surface area contributed by atoms with Crippen molar-refractivity contribution < 1.29 is 4.79 Å². The molecule has 2 rings (SSSR count). The molecule has 0 aliphatic carbocycles. The van der Waals surface area contributed by atoms with E-state index < -0.39 is 0 Å². The molecule has 0 radical (unpaired) electrons. The van der Waals surface area contributed by atoms with Crippen LogP contribution in [0, 0.1) is 5.92 Å². The Balaban J connectivity index is 2.20. The zero-order chi connectivity index (χ0) is 14.4. The maximum Gasteiger partial charge on any atom is 0.140 e. The van der Waals surface area contributed by atoms with Gasteiger partial charge in [0.05, 0.1) is 5.52 Å². The molecule has 106 valence electrons. The molecule has 0 atom stereocenters. The van der Waals surface area contributed by atoms with Gasteiger partial charge in [0.2, 0.25) is 0 Å². The van der Waals surface area contributed by atoms with Gasteiger partial charge in [-0.05, 0) is 30.5 Å². The summed E-state index contributed by atoms with van der Waals surface area (Å²) in [6.07, 6.45) is 6.51. The molecule has 1 aromatic heterocycles. The van der Waals surface area contributed by atoms with Crippen molar-refractivity contribution in [3.05, 3.63) is 42.1 Å². The van der Waals surface area contributed by atoms with Crippen LogP contribution in [0.2, 0.25) is 0 Å². The number of carbonyl (C=O) groups excluding carboxylic acids is 1. The Morgan fingerprint density at radius 1 is 1.10 bits per heavy atom. The van der Waals surface area contributed by atoms with E-state index in [1.54, 1.807) is 6.20 Å². The molecule has 0 aliphatic heterocycles. The van der Waals surface area contributed by atoms with Crippen molar-refractivity contribution in [2.75, 3.05) is 0 Å². The van der Waals surface area contributed by atoms with Gasteiger partial charge in [0.1, 0.15) is 5.78 Å². The van der Waals surface area contributed by atoms with Crippen molar-refractivity contribution in [3.8, 4) is 0 Å². The molecule has 0 fully saturated rings. The second-order valence-corrected chi connectivity index (χ2v) is 5.40. The number of carbonyl (C=O) groups is 1. The number of hydrogen-bond acceptors (Lipinski definition) is 2. The number of aromatic nitrogens is 1. The second-order valence-electron chi connectivity index (χ2n) is 5.40. The van der Waals surface area contributed by atoms with E-state index in [4.69, 9.17) is 0 Å². The van der Waals surface area contributed by atoms with Gasteiger partial charge < -0.3 is 0 Å².